The van der Waals surface area contributed by atoms with E-state index < -0.39 is 6.04 Å². The molecular formula is C13H19BrN2O3. The smallest absolute Gasteiger partial charge is 0.239 e. The molecule has 0 aliphatic carbocycles. The highest BCUT2D eigenvalue weighted by molar-refractivity contribution is 9.10. The molecule has 0 heterocycles. The summed E-state index contributed by atoms with van der Waals surface area (Å²) >= 11 is 3.37. The SMILES string of the molecule is COCC(N)C(=O)NCC(C)Oc1cccc(Br)c1. The lowest BCUT2D eigenvalue weighted by Gasteiger charge is -2.17. The van der Waals surface area contributed by atoms with Crippen molar-refractivity contribution in [1.29, 1.82) is 0 Å². The lowest BCUT2D eigenvalue weighted by Crippen LogP contribution is -2.46. The van der Waals surface area contributed by atoms with Crippen LogP contribution in [0.4, 0.5) is 0 Å². The minimum Gasteiger partial charge on any atom is -0.489 e. The van der Waals surface area contributed by atoms with Gasteiger partial charge in [-0.1, -0.05) is 22.0 Å². The molecule has 5 nitrogen and oxygen atoms in total. The van der Waals surface area contributed by atoms with Crippen LogP contribution in [0.25, 0.3) is 0 Å². The second-order valence-electron chi connectivity index (χ2n) is 4.19. The number of benzene rings is 1. The van der Waals surface area contributed by atoms with Crippen molar-refractivity contribution >= 4 is 21.8 Å². The Morgan fingerprint density at radius 1 is 1.53 bits per heavy atom. The Labute approximate surface area is 121 Å². The minimum absolute atomic E-state index is 0.145. The van der Waals surface area contributed by atoms with Gasteiger partial charge >= 0.3 is 0 Å². The summed E-state index contributed by atoms with van der Waals surface area (Å²) in [6, 6.07) is 6.89. The molecule has 0 aliphatic heterocycles. The summed E-state index contributed by atoms with van der Waals surface area (Å²) in [5.41, 5.74) is 5.60. The molecule has 0 spiro atoms. The summed E-state index contributed by atoms with van der Waals surface area (Å²) < 4.78 is 11.4. The first-order valence-electron chi connectivity index (χ1n) is 5.97. The second-order valence-corrected chi connectivity index (χ2v) is 5.11. The zero-order valence-electron chi connectivity index (χ0n) is 11.1. The van der Waals surface area contributed by atoms with Crippen LogP contribution in [0.2, 0.25) is 0 Å². The quantitative estimate of drug-likeness (QED) is 0.790. The van der Waals surface area contributed by atoms with Crippen LogP contribution in [-0.4, -0.2) is 38.3 Å². The zero-order valence-corrected chi connectivity index (χ0v) is 12.6. The van der Waals surface area contributed by atoms with Gasteiger partial charge in [0.2, 0.25) is 5.91 Å². The minimum atomic E-state index is -0.650. The summed E-state index contributed by atoms with van der Waals surface area (Å²) in [4.78, 5) is 11.6. The van der Waals surface area contributed by atoms with Crippen LogP contribution in [0, 0.1) is 0 Å². The van der Waals surface area contributed by atoms with Crippen molar-refractivity contribution in [2.45, 2.75) is 19.1 Å². The molecular weight excluding hydrogens is 312 g/mol. The van der Waals surface area contributed by atoms with Crippen molar-refractivity contribution in [3.05, 3.63) is 28.7 Å². The average molecular weight is 331 g/mol. The molecule has 0 bridgehead atoms. The molecule has 2 atom stereocenters. The molecule has 1 aromatic carbocycles. The number of nitrogens with two attached hydrogens (primary N) is 1. The van der Waals surface area contributed by atoms with E-state index in [9.17, 15) is 4.79 Å². The normalized spacial score (nSPS) is 13.7. The van der Waals surface area contributed by atoms with Crippen LogP contribution in [0.1, 0.15) is 6.92 Å². The van der Waals surface area contributed by atoms with E-state index >= 15 is 0 Å². The van der Waals surface area contributed by atoms with E-state index in [0.29, 0.717) is 6.54 Å². The number of carbonyl (C=O) groups excluding carboxylic acids is 1. The van der Waals surface area contributed by atoms with Crippen LogP contribution in [-0.2, 0) is 9.53 Å². The van der Waals surface area contributed by atoms with Gasteiger partial charge in [0.1, 0.15) is 17.9 Å². The van der Waals surface area contributed by atoms with E-state index in [1.54, 1.807) is 0 Å². The number of hydrogen-bond donors (Lipinski definition) is 2. The number of rotatable bonds is 7. The van der Waals surface area contributed by atoms with Crippen LogP contribution < -0.4 is 15.8 Å². The number of hydrogen-bond acceptors (Lipinski definition) is 4. The summed E-state index contributed by atoms with van der Waals surface area (Å²) in [5.74, 6) is 0.504. The number of nitrogens with one attached hydrogen (secondary N) is 1. The third-order valence-corrected chi connectivity index (χ3v) is 2.87. The lowest BCUT2D eigenvalue weighted by molar-refractivity contribution is -0.123. The fourth-order valence-corrected chi connectivity index (χ4v) is 1.82. The maximum atomic E-state index is 11.6. The molecule has 0 radical (unpaired) electrons. The molecule has 3 N–H and O–H groups in total. The maximum Gasteiger partial charge on any atom is 0.239 e. The molecule has 0 saturated heterocycles. The Balaban J connectivity index is 2.35. The van der Waals surface area contributed by atoms with Gasteiger partial charge in [0.15, 0.2) is 0 Å². The van der Waals surface area contributed by atoms with Gasteiger partial charge in [0, 0.05) is 11.6 Å². The maximum absolute atomic E-state index is 11.6. The fraction of sp³-hybridized carbons (Fsp3) is 0.462. The molecule has 0 aliphatic rings. The Morgan fingerprint density at radius 2 is 2.26 bits per heavy atom. The van der Waals surface area contributed by atoms with Crippen LogP contribution in [0.15, 0.2) is 28.7 Å². The van der Waals surface area contributed by atoms with Crippen molar-refractivity contribution in [3.63, 3.8) is 0 Å². The van der Waals surface area contributed by atoms with Gasteiger partial charge in [-0.3, -0.25) is 4.79 Å². The van der Waals surface area contributed by atoms with E-state index in [1.165, 1.54) is 7.11 Å². The standard InChI is InChI=1S/C13H19BrN2O3/c1-9(7-16-13(17)12(15)8-18-2)19-11-5-3-4-10(14)6-11/h3-6,9,12H,7-8,15H2,1-2H3,(H,16,17). The Bertz CT molecular complexity index is 415. The average Bonchev–Trinajstić information content (AvgIpc) is 2.36. The van der Waals surface area contributed by atoms with E-state index in [0.717, 1.165) is 10.2 Å². The van der Waals surface area contributed by atoms with Crippen molar-refractivity contribution in [1.82, 2.24) is 5.32 Å². The number of halogens is 1. The molecule has 1 amide bonds. The van der Waals surface area contributed by atoms with Gasteiger partial charge in [0.05, 0.1) is 13.2 Å². The third-order valence-electron chi connectivity index (χ3n) is 2.38. The van der Waals surface area contributed by atoms with E-state index in [-0.39, 0.29) is 18.6 Å². The Hall–Kier alpha value is -1.11. The first kappa shape index (κ1) is 15.9. The lowest BCUT2D eigenvalue weighted by atomic mass is 10.3. The van der Waals surface area contributed by atoms with Crippen LogP contribution in [0.3, 0.4) is 0 Å². The van der Waals surface area contributed by atoms with Gasteiger partial charge in [-0.25, -0.2) is 0 Å². The molecule has 1 aromatic rings. The Morgan fingerprint density at radius 3 is 2.89 bits per heavy atom. The highest BCUT2D eigenvalue weighted by atomic mass is 79.9. The second kappa shape index (κ2) is 8.14. The first-order valence-corrected chi connectivity index (χ1v) is 6.76. The molecule has 19 heavy (non-hydrogen) atoms. The zero-order chi connectivity index (χ0) is 14.3. The first-order chi connectivity index (χ1) is 9.02. The molecule has 0 saturated carbocycles. The molecule has 0 fully saturated rings. The van der Waals surface area contributed by atoms with E-state index in [4.69, 9.17) is 15.2 Å². The predicted molar refractivity (Wildman–Crippen MR) is 77.1 cm³/mol. The van der Waals surface area contributed by atoms with Crippen molar-refractivity contribution in [3.8, 4) is 5.75 Å². The van der Waals surface area contributed by atoms with Crippen molar-refractivity contribution in [2.75, 3.05) is 20.3 Å². The molecule has 6 heteroatoms. The summed E-state index contributed by atoms with van der Waals surface area (Å²) in [7, 11) is 1.51. The molecule has 2 unspecified atom stereocenters. The monoisotopic (exact) mass is 330 g/mol. The number of carbonyl (C=O) groups is 1. The van der Waals surface area contributed by atoms with Gasteiger partial charge < -0.3 is 20.5 Å². The summed E-state index contributed by atoms with van der Waals surface area (Å²) in [6.45, 7) is 2.47. The van der Waals surface area contributed by atoms with Gasteiger partial charge in [-0.2, -0.15) is 0 Å². The van der Waals surface area contributed by atoms with Crippen LogP contribution >= 0.6 is 15.9 Å². The van der Waals surface area contributed by atoms with Gasteiger partial charge in [-0.05, 0) is 25.1 Å². The van der Waals surface area contributed by atoms with Crippen molar-refractivity contribution in [2.24, 2.45) is 5.73 Å². The molecule has 1 rings (SSSR count). The van der Waals surface area contributed by atoms with E-state index in [1.807, 2.05) is 31.2 Å². The molecule has 106 valence electrons. The number of ether oxygens (including phenoxy) is 2. The summed E-state index contributed by atoms with van der Waals surface area (Å²) in [6.07, 6.45) is -0.145. The van der Waals surface area contributed by atoms with Gasteiger partial charge in [-0.15, -0.1) is 0 Å². The van der Waals surface area contributed by atoms with Crippen molar-refractivity contribution < 1.29 is 14.3 Å². The fourth-order valence-electron chi connectivity index (χ4n) is 1.44. The van der Waals surface area contributed by atoms with Gasteiger partial charge in [0.25, 0.3) is 0 Å². The van der Waals surface area contributed by atoms with E-state index in [2.05, 4.69) is 21.2 Å². The highest BCUT2D eigenvalue weighted by Crippen LogP contribution is 2.18. The topological polar surface area (TPSA) is 73.6 Å². The summed E-state index contributed by atoms with van der Waals surface area (Å²) in [5, 5.41) is 2.72. The number of methoxy groups -OCH3 is 1. The third kappa shape index (κ3) is 6.04. The largest absolute Gasteiger partial charge is 0.489 e. The Kier molecular flexibility index (Phi) is 6.83. The van der Waals surface area contributed by atoms with Crippen LogP contribution in [0.5, 0.6) is 5.75 Å². The predicted octanol–water partition coefficient (Wildman–Crippen LogP) is 1.31. The molecule has 0 aromatic heterocycles. The highest BCUT2D eigenvalue weighted by Gasteiger charge is 2.14. The number of amides is 1.